The number of benzene rings is 3. The number of carboxylic acids is 1. The van der Waals surface area contributed by atoms with Gasteiger partial charge in [-0.05, 0) is 61.0 Å². The quantitative estimate of drug-likeness (QED) is 0.295. The van der Waals surface area contributed by atoms with E-state index in [0.29, 0.717) is 43.4 Å². The summed E-state index contributed by atoms with van der Waals surface area (Å²) in [6.07, 6.45) is 1.60. The summed E-state index contributed by atoms with van der Waals surface area (Å²) in [6, 6.07) is 23.5. The second-order valence-electron chi connectivity index (χ2n) is 9.54. The molecule has 3 aromatic carbocycles. The van der Waals surface area contributed by atoms with Crippen LogP contribution in [0.5, 0.6) is 0 Å². The van der Waals surface area contributed by atoms with Crippen LogP contribution >= 0.6 is 11.3 Å². The van der Waals surface area contributed by atoms with Crippen LogP contribution in [-0.4, -0.2) is 21.6 Å². The molecule has 2 aromatic heterocycles. The number of para-hydroxylation sites is 1. The standard InChI is InChI=1S/C32H22FN3O5S/c1-18-27(29(37)35-23-5-3-2-4-6-23)28(20-11-13-22(33)14-12-20)36-30(38)26(42-32(36)34-18)17-24-15-16-25(41-24)19-7-9-21(10-8-19)31(39)40/h2-17,28H,1H3,(H,35,37)(H,39,40)/b26-17-. The van der Waals surface area contributed by atoms with E-state index in [1.807, 2.05) is 6.07 Å². The molecule has 10 heteroatoms. The maximum atomic E-state index is 13.9. The van der Waals surface area contributed by atoms with Crippen molar-refractivity contribution in [3.63, 3.8) is 0 Å². The van der Waals surface area contributed by atoms with Gasteiger partial charge in [0, 0.05) is 17.3 Å². The Hall–Kier alpha value is -5.35. The van der Waals surface area contributed by atoms with Gasteiger partial charge in [0.15, 0.2) is 4.80 Å². The van der Waals surface area contributed by atoms with Crippen molar-refractivity contribution in [1.82, 2.24) is 4.57 Å². The predicted octanol–water partition coefficient (Wildman–Crippen LogP) is 4.97. The second kappa shape index (κ2) is 10.9. The number of thiazole rings is 1. The molecule has 1 amide bonds. The van der Waals surface area contributed by atoms with Gasteiger partial charge in [-0.2, -0.15) is 0 Å². The molecule has 0 aliphatic carbocycles. The van der Waals surface area contributed by atoms with Gasteiger partial charge >= 0.3 is 5.97 Å². The van der Waals surface area contributed by atoms with E-state index in [1.165, 1.54) is 28.8 Å². The molecular weight excluding hydrogens is 557 g/mol. The molecule has 5 aromatic rings. The maximum Gasteiger partial charge on any atom is 0.335 e. The first-order chi connectivity index (χ1) is 20.3. The van der Waals surface area contributed by atoms with E-state index in [9.17, 15) is 18.8 Å². The minimum absolute atomic E-state index is 0.162. The molecule has 2 N–H and O–H groups in total. The highest BCUT2D eigenvalue weighted by Gasteiger charge is 2.32. The van der Waals surface area contributed by atoms with E-state index in [0.717, 1.165) is 11.3 Å². The van der Waals surface area contributed by atoms with E-state index < -0.39 is 23.7 Å². The summed E-state index contributed by atoms with van der Waals surface area (Å²) in [5, 5.41) is 12.0. The van der Waals surface area contributed by atoms with Crippen LogP contribution in [0.3, 0.4) is 0 Å². The Balaban J connectivity index is 1.42. The number of rotatable bonds is 6. The van der Waals surface area contributed by atoms with Crippen molar-refractivity contribution in [3.8, 4) is 11.3 Å². The van der Waals surface area contributed by atoms with Gasteiger partial charge in [0.1, 0.15) is 17.3 Å². The SMILES string of the molecule is CC1=C(C(=O)Nc2ccccc2)C(c2ccc(F)cc2)n2c(s/c(=C\c3ccc(-c4ccc(C(=O)O)cc4)o3)c2=O)=N1. The Morgan fingerprint density at radius 3 is 2.40 bits per heavy atom. The third-order valence-corrected chi connectivity index (χ3v) is 7.78. The van der Waals surface area contributed by atoms with Crippen molar-refractivity contribution in [2.24, 2.45) is 4.99 Å². The number of furan rings is 1. The van der Waals surface area contributed by atoms with Crippen molar-refractivity contribution in [1.29, 1.82) is 0 Å². The molecule has 3 heterocycles. The van der Waals surface area contributed by atoms with E-state index in [1.54, 1.807) is 73.7 Å². The van der Waals surface area contributed by atoms with Gasteiger partial charge in [-0.1, -0.05) is 53.8 Å². The number of hydrogen-bond donors (Lipinski definition) is 2. The maximum absolute atomic E-state index is 13.9. The topological polar surface area (TPSA) is 114 Å². The van der Waals surface area contributed by atoms with Crippen molar-refractivity contribution in [2.75, 3.05) is 5.32 Å². The van der Waals surface area contributed by atoms with Gasteiger partial charge < -0.3 is 14.8 Å². The summed E-state index contributed by atoms with van der Waals surface area (Å²) in [6.45, 7) is 1.71. The van der Waals surface area contributed by atoms with E-state index in [2.05, 4.69) is 10.3 Å². The number of halogens is 1. The second-order valence-corrected chi connectivity index (χ2v) is 10.5. The number of allylic oxidation sites excluding steroid dienone is 1. The van der Waals surface area contributed by atoms with Gasteiger partial charge in [0.2, 0.25) is 0 Å². The fraction of sp³-hybridized carbons (Fsp3) is 0.0625. The lowest BCUT2D eigenvalue weighted by Gasteiger charge is -2.25. The number of nitrogens with one attached hydrogen (secondary N) is 1. The van der Waals surface area contributed by atoms with Crippen molar-refractivity contribution in [3.05, 3.63) is 145 Å². The molecule has 0 spiro atoms. The van der Waals surface area contributed by atoms with Gasteiger partial charge in [-0.25, -0.2) is 14.2 Å². The Kier molecular flexibility index (Phi) is 6.97. The fourth-order valence-corrected chi connectivity index (χ4v) is 5.81. The number of nitrogens with zero attached hydrogens (tertiary/aromatic N) is 2. The summed E-state index contributed by atoms with van der Waals surface area (Å²) in [5.74, 6) is -0.963. The van der Waals surface area contributed by atoms with Crippen molar-refractivity contribution < 1.29 is 23.5 Å². The first kappa shape index (κ1) is 26.9. The molecule has 0 fully saturated rings. The summed E-state index contributed by atoms with van der Waals surface area (Å²) < 4.78 is 21.6. The lowest BCUT2D eigenvalue weighted by Crippen LogP contribution is -2.40. The lowest BCUT2D eigenvalue weighted by atomic mass is 9.95. The van der Waals surface area contributed by atoms with Gasteiger partial charge in [-0.15, -0.1) is 0 Å². The molecule has 1 aliphatic rings. The molecule has 208 valence electrons. The average Bonchev–Trinajstić information content (AvgIpc) is 3.57. The zero-order valence-electron chi connectivity index (χ0n) is 22.1. The van der Waals surface area contributed by atoms with E-state index in [4.69, 9.17) is 9.52 Å². The minimum Gasteiger partial charge on any atom is -0.478 e. The normalized spacial score (nSPS) is 14.8. The molecule has 0 saturated heterocycles. The van der Waals surface area contributed by atoms with Crippen LogP contribution in [0, 0.1) is 5.82 Å². The first-order valence-corrected chi connectivity index (χ1v) is 13.7. The van der Waals surface area contributed by atoms with Crippen LogP contribution < -0.4 is 20.2 Å². The minimum atomic E-state index is -1.02. The van der Waals surface area contributed by atoms with Crippen LogP contribution in [0.25, 0.3) is 17.4 Å². The van der Waals surface area contributed by atoms with Gasteiger partial charge in [-0.3, -0.25) is 14.2 Å². The number of carbonyl (C=O) groups is 2. The molecular formula is C32H22FN3O5S. The Morgan fingerprint density at radius 1 is 1.00 bits per heavy atom. The number of amides is 1. The third-order valence-electron chi connectivity index (χ3n) is 6.80. The average molecular weight is 580 g/mol. The molecule has 0 radical (unpaired) electrons. The molecule has 8 nitrogen and oxygen atoms in total. The van der Waals surface area contributed by atoms with Gasteiger partial charge in [0.05, 0.1) is 27.4 Å². The van der Waals surface area contributed by atoms with Crippen LogP contribution in [0.2, 0.25) is 0 Å². The fourth-order valence-electron chi connectivity index (χ4n) is 4.78. The van der Waals surface area contributed by atoms with Crippen LogP contribution in [-0.2, 0) is 4.79 Å². The Morgan fingerprint density at radius 2 is 1.71 bits per heavy atom. The predicted molar refractivity (Wildman–Crippen MR) is 156 cm³/mol. The summed E-state index contributed by atoms with van der Waals surface area (Å²) in [5.41, 5.74) is 2.32. The molecule has 1 atom stereocenters. The number of fused-ring (bicyclic) bond motifs is 1. The van der Waals surface area contributed by atoms with E-state index >= 15 is 0 Å². The Bertz CT molecular complexity index is 2040. The molecule has 0 saturated carbocycles. The first-order valence-electron chi connectivity index (χ1n) is 12.9. The molecule has 1 aliphatic heterocycles. The zero-order valence-corrected chi connectivity index (χ0v) is 22.9. The molecule has 0 bridgehead atoms. The van der Waals surface area contributed by atoms with Crippen LogP contribution in [0.1, 0.15) is 34.6 Å². The molecule has 1 unspecified atom stereocenters. The van der Waals surface area contributed by atoms with Crippen LogP contribution in [0.15, 0.2) is 116 Å². The number of anilines is 1. The number of aromatic carboxylic acids is 1. The molecule has 42 heavy (non-hydrogen) atoms. The van der Waals surface area contributed by atoms with E-state index in [-0.39, 0.29) is 16.7 Å². The molecule has 6 rings (SSSR count). The zero-order chi connectivity index (χ0) is 29.4. The summed E-state index contributed by atoms with van der Waals surface area (Å²) >= 11 is 1.15. The smallest absolute Gasteiger partial charge is 0.335 e. The van der Waals surface area contributed by atoms with Crippen molar-refractivity contribution in [2.45, 2.75) is 13.0 Å². The van der Waals surface area contributed by atoms with Crippen molar-refractivity contribution >= 4 is 35.0 Å². The number of hydrogen-bond acceptors (Lipinski definition) is 6. The monoisotopic (exact) mass is 579 g/mol. The highest BCUT2D eigenvalue weighted by atomic mass is 32.1. The highest BCUT2D eigenvalue weighted by Crippen LogP contribution is 2.31. The third kappa shape index (κ3) is 5.11. The highest BCUT2D eigenvalue weighted by molar-refractivity contribution is 7.07. The summed E-state index contributed by atoms with van der Waals surface area (Å²) in [4.78, 5) is 43.6. The van der Waals surface area contributed by atoms with Gasteiger partial charge in [0.25, 0.3) is 11.5 Å². The Labute approximate surface area is 242 Å². The number of aromatic nitrogens is 1. The number of carbonyl (C=O) groups excluding carboxylic acids is 1. The number of carboxylic acid groups (broad SMARTS) is 1. The lowest BCUT2D eigenvalue weighted by molar-refractivity contribution is -0.113. The largest absolute Gasteiger partial charge is 0.478 e. The summed E-state index contributed by atoms with van der Waals surface area (Å²) in [7, 11) is 0. The van der Waals surface area contributed by atoms with Crippen LogP contribution in [0.4, 0.5) is 10.1 Å².